The van der Waals surface area contributed by atoms with Gasteiger partial charge in [-0.25, -0.2) is 9.50 Å². The summed E-state index contributed by atoms with van der Waals surface area (Å²) < 4.78 is 1.77. The highest BCUT2D eigenvalue weighted by atomic mass is 15.2. The number of aromatic nitrogens is 4. The molecule has 108 valence electrons. The van der Waals surface area contributed by atoms with Crippen molar-refractivity contribution in [2.45, 2.75) is 13.0 Å². The van der Waals surface area contributed by atoms with Crippen LogP contribution in [0, 0.1) is 0 Å². The molecule has 3 aromatic heterocycles. The fourth-order valence-corrected chi connectivity index (χ4v) is 2.65. The van der Waals surface area contributed by atoms with Crippen LogP contribution in [0.1, 0.15) is 18.5 Å². The van der Waals surface area contributed by atoms with Gasteiger partial charge < -0.3 is 5.73 Å². The van der Waals surface area contributed by atoms with Crippen molar-refractivity contribution in [2.75, 3.05) is 0 Å². The van der Waals surface area contributed by atoms with Crippen molar-refractivity contribution in [1.82, 2.24) is 19.6 Å². The molecule has 0 fully saturated rings. The fourth-order valence-electron chi connectivity index (χ4n) is 2.65. The van der Waals surface area contributed by atoms with E-state index in [9.17, 15) is 0 Å². The molecule has 2 N–H and O–H groups in total. The Morgan fingerprint density at radius 3 is 2.86 bits per heavy atom. The molecule has 0 radical (unpaired) electrons. The maximum atomic E-state index is 6.13. The fraction of sp³-hybridized carbons (Fsp3) is 0.118. The van der Waals surface area contributed by atoms with Crippen LogP contribution in [0.25, 0.3) is 27.8 Å². The quantitative estimate of drug-likeness (QED) is 0.616. The van der Waals surface area contributed by atoms with E-state index in [1.54, 1.807) is 16.9 Å². The molecule has 1 atom stereocenters. The summed E-state index contributed by atoms with van der Waals surface area (Å²) in [5.74, 6) is 0. The monoisotopic (exact) mass is 289 g/mol. The van der Waals surface area contributed by atoms with E-state index in [1.165, 1.54) is 0 Å². The average molecular weight is 289 g/mol. The predicted octanol–water partition coefficient (Wildman–Crippen LogP) is 2.96. The van der Waals surface area contributed by atoms with Crippen molar-refractivity contribution in [3.05, 3.63) is 60.6 Å². The van der Waals surface area contributed by atoms with E-state index in [1.807, 2.05) is 37.4 Å². The van der Waals surface area contributed by atoms with Crippen LogP contribution in [0.5, 0.6) is 0 Å². The highest BCUT2D eigenvalue weighted by Gasteiger charge is 2.14. The van der Waals surface area contributed by atoms with E-state index in [4.69, 9.17) is 5.73 Å². The standard InChI is InChI=1S/C17H15N5/c1-11(18)14-10-16-20-7-8-22(16)21-17(14)13-5-4-12-3-2-6-19-15(12)9-13/h2-11H,18H2,1H3/t11-/m0/s1. The second-order valence-corrected chi connectivity index (χ2v) is 5.38. The van der Waals surface area contributed by atoms with Gasteiger partial charge in [-0.2, -0.15) is 5.10 Å². The van der Waals surface area contributed by atoms with Gasteiger partial charge in [0.15, 0.2) is 5.65 Å². The third-order valence-electron chi connectivity index (χ3n) is 3.79. The van der Waals surface area contributed by atoms with Crippen LogP contribution in [0.3, 0.4) is 0 Å². The minimum absolute atomic E-state index is 0.122. The normalized spacial score (nSPS) is 12.8. The molecule has 0 saturated carbocycles. The first-order valence-corrected chi connectivity index (χ1v) is 7.17. The Morgan fingerprint density at radius 2 is 2.00 bits per heavy atom. The molecule has 0 aliphatic rings. The van der Waals surface area contributed by atoms with Crippen molar-refractivity contribution in [2.24, 2.45) is 5.73 Å². The summed E-state index contributed by atoms with van der Waals surface area (Å²) in [4.78, 5) is 8.70. The molecule has 0 aliphatic heterocycles. The molecular formula is C17H15N5. The van der Waals surface area contributed by atoms with Gasteiger partial charge in [0.1, 0.15) is 0 Å². The van der Waals surface area contributed by atoms with Gasteiger partial charge in [0.2, 0.25) is 0 Å². The van der Waals surface area contributed by atoms with Crippen LogP contribution in [-0.2, 0) is 0 Å². The number of hydrogen-bond acceptors (Lipinski definition) is 4. The smallest absolute Gasteiger partial charge is 0.153 e. The molecular weight excluding hydrogens is 274 g/mol. The van der Waals surface area contributed by atoms with Crippen LogP contribution >= 0.6 is 0 Å². The Morgan fingerprint density at radius 1 is 1.09 bits per heavy atom. The number of fused-ring (bicyclic) bond motifs is 2. The summed E-state index contributed by atoms with van der Waals surface area (Å²) in [6.45, 7) is 1.96. The molecule has 0 spiro atoms. The SMILES string of the molecule is C[C@H](N)c1cc2nccn2nc1-c1ccc2cccnc2c1. The first-order chi connectivity index (χ1) is 10.7. The van der Waals surface area contributed by atoms with E-state index in [-0.39, 0.29) is 6.04 Å². The van der Waals surface area contributed by atoms with Gasteiger partial charge >= 0.3 is 0 Å². The van der Waals surface area contributed by atoms with E-state index in [0.717, 1.165) is 33.4 Å². The maximum Gasteiger partial charge on any atom is 0.153 e. The summed E-state index contributed by atoms with van der Waals surface area (Å²) in [5, 5.41) is 5.79. The van der Waals surface area contributed by atoms with E-state index >= 15 is 0 Å². The summed E-state index contributed by atoms with van der Waals surface area (Å²) in [6.07, 6.45) is 5.37. The number of rotatable bonds is 2. The van der Waals surface area contributed by atoms with Gasteiger partial charge in [-0.3, -0.25) is 4.98 Å². The number of pyridine rings is 1. The Kier molecular flexibility index (Phi) is 2.87. The van der Waals surface area contributed by atoms with Crippen molar-refractivity contribution >= 4 is 16.6 Å². The van der Waals surface area contributed by atoms with E-state index < -0.39 is 0 Å². The molecule has 5 nitrogen and oxygen atoms in total. The van der Waals surface area contributed by atoms with Gasteiger partial charge in [0.05, 0.1) is 11.2 Å². The zero-order valence-corrected chi connectivity index (χ0v) is 12.1. The molecule has 0 unspecified atom stereocenters. The Bertz CT molecular complexity index is 971. The predicted molar refractivity (Wildman–Crippen MR) is 86.3 cm³/mol. The van der Waals surface area contributed by atoms with Crippen molar-refractivity contribution in [1.29, 1.82) is 0 Å². The molecule has 3 heterocycles. The Hall–Kier alpha value is -2.79. The van der Waals surface area contributed by atoms with Crippen LogP contribution in [-0.4, -0.2) is 19.6 Å². The number of nitrogens with two attached hydrogens (primary N) is 1. The topological polar surface area (TPSA) is 69.1 Å². The average Bonchev–Trinajstić information content (AvgIpc) is 3.00. The number of nitrogens with zero attached hydrogens (tertiary/aromatic N) is 4. The highest BCUT2D eigenvalue weighted by Crippen LogP contribution is 2.28. The molecule has 0 saturated heterocycles. The second kappa shape index (κ2) is 4.89. The lowest BCUT2D eigenvalue weighted by atomic mass is 10.0. The first kappa shape index (κ1) is 12.9. The van der Waals surface area contributed by atoms with Gasteiger partial charge in [-0.1, -0.05) is 18.2 Å². The molecule has 4 rings (SSSR count). The minimum atomic E-state index is -0.122. The van der Waals surface area contributed by atoms with Crippen LogP contribution in [0.4, 0.5) is 0 Å². The summed E-state index contributed by atoms with van der Waals surface area (Å²) in [7, 11) is 0. The maximum absolute atomic E-state index is 6.13. The largest absolute Gasteiger partial charge is 0.324 e. The molecule has 0 aliphatic carbocycles. The van der Waals surface area contributed by atoms with Crippen LogP contribution in [0.15, 0.2) is 55.0 Å². The molecule has 22 heavy (non-hydrogen) atoms. The van der Waals surface area contributed by atoms with Gasteiger partial charge in [0, 0.05) is 41.1 Å². The zero-order chi connectivity index (χ0) is 15.1. The number of imidazole rings is 1. The first-order valence-electron chi connectivity index (χ1n) is 7.17. The van der Waals surface area contributed by atoms with Crippen LogP contribution < -0.4 is 5.73 Å². The van der Waals surface area contributed by atoms with Gasteiger partial charge in [-0.05, 0) is 25.1 Å². The summed E-state index contributed by atoms with van der Waals surface area (Å²) >= 11 is 0. The van der Waals surface area contributed by atoms with E-state index in [2.05, 4.69) is 27.2 Å². The van der Waals surface area contributed by atoms with Crippen LogP contribution in [0.2, 0.25) is 0 Å². The summed E-state index contributed by atoms with van der Waals surface area (Å²) in [5.41, 5.74) is 10.7. The number of hydrogen-bond donors (Lipinski definition) is 1. The zero-order valence-electron chi connectivity index (χ0n) is 12.1. The minimum Gasteiger partial charge on any atom is -0.324 e. The molecule has 0 bridgehead atoms. The molecule has 4 aromatic rings. The Balaban J connectivity index is 1.99. The van der Waals surface area contributed by atoms with Crippen molar-refractivity contribution < 1.29 is 0 Å². The lowest BCUT2D eigenvalue weighted by Crippen LogP contribution is -2.10. The third kappa shape index (κ3) is 2.03. The molecule has 1 aromatic carbocycles. The Labute approximate surface area is 127 Å². The molecule has 5 heteroatoms. The van der Waals surface area contributed by atoms with Gasteiger partial charge in [0.25, 0.3) is 0 Å². The second-order valence-electron chi connectivity index (χ2n) is 5.38. The summed E-state index contributed by atoms with van der Waals surface area (Å²) in [6, 6.07) is 12.0. The van der Waals surface area contributed by atoms with Gasteiger partial charge in [-0.15, -0.1) is 0 Å². The molecule has 0 amide bonds. The lowest BCUT2D eigenvalue weighted by molar-refractivity contribution is 0.798. The third-order valence-corrected chi connectivity index (χ3v) is 3.79. The van der Waals surface area contributed by atoms with Crippen molar-refractivity contribution in [3.8, 4) is 11.3 Å². The lowest BCUT2D eigenvalue weighted by Gasteiger charge is -2.13. The van der Waals surface area contributed by atoms with Crippen molar-refractivity contribution in [3.63, 3.8) is 0 Å². The number of benzene rings is 1. The van der Waals surface area contributed by atoms with E-state index in [0.29, 0.717) is 0 Å². The highest BCUT2D eigenvalue weighted by molar-refractivity contribution is 5.84.